The smallest absolute Gasteiger partial charge is 0.252 e. The van der Waals surface area contributed by atoms with Gasteiger partial charge in [-0.1, -0.05) is 11.8 Å². The van der Waals surface area contributed by atoms with Crippen molar-refractivity contribution in [2.75, 3.05) is 19.5 Å². The number of amides is 1. The van der Waals surface area contributed by atoms with Crippen molar-refractivity contribution in [1.29, 1.82) is 5.26 Å². The molecule has 0 radical (unpaired) electrons. The second kappa shape index (κ2) is 10.0. The van der Waals surface area contributed by atoms with Crippen LogP contribution in [-0.2, 0) is 4.79 Å². The van der Waals surface area contributed by atoms with E-state index in [9.17, 15) is 10.1 Å². The summed E-state index contributed by atoms with van der Waals surface area (Å²) in [7, 11) is 1.57. The lowest BCUT2D eigenvalue weighted by molar-refractivity contribution is -0.116. The van der Waals surface area contributed by atoms with Crippen molar-refractivity contribution < 1.29 is 9.53 Å². The zero-order chi connectivity index (χ0) is 20.6. The van der Waals surface area contributed by atoms with E-state index in [1.165, 1.54) is 11.8 Å². The number of dihydropyridines is 1. The second-order valence-electron chi connectivity index (χ2n) is 6.56. The lowest BCUT2D eigenvalue weighted by Gasteiger charge is -2.20. The molecule has 1 unspecified atom stereocenters. The first-order valence-electron chi connectivity index (χ1n) is 9.25. The van der Waals surface area contributed by atoms with E-state index in [2.05, 4.69) is 34.0 Å². The molecule has 1 aromatic carbocycles. The number of rotatable bonds is 7. The predicted molar refractivity (Wildman–Crippen MR) is 114 cm³/mol. The lowest BCUT2D eigenvalue weighted by Crippen LogP contribution is -2.34. The number of ether oxygens (including phenoxy) is 1. The van der Waals surface area contributed by atoms with Gasteiger partial charge in [-0.3, -0.25) is 10.6 Å². The van der Waals surface area contributed by atoms with Crippen LogP contribution in [0.1, 0.15) is 24.0 Å². The second-order valence-corrected chi connectivity index (χ2v) is 7.65. The van der Waals surface area contributed by atoms with Gasteiger partial charge in [0, 0.05) is 23.6 Å². The van der Waals surface area contributed by atoms with Gasteiger partial charge in [0.1, 0.15) is 11.1 Å². The van der Waals surface area contributed by atoms with Gasteiger partial charge in [0.2, 0.25) is 0 Å². The summed E-state index contributed by atoms with van der Waals surface area (Å²) in [4.78, 5) is 12.8. The molecule has 8 heteroatoms. The molecule has 1 atom stereocenters. The molecule has 1 heterocycles. The Balaban J connectivity index is 1.74. The minimum atomic E-state index is -0.236. The molecule has 1 saturated carbocycles. The van der Waals surface area contributed by atoms with Crippen molar-refractivity contribution in [3.05, 3.63) is 47.2 Å². The number of thioether (sulfide) groups is 1. The third-order valence-corrected chi connectivity index (χ3v) is 5.40. The minimum absolute atomic E-state index is 0.208. The van der Waals surface area contributed by atoms with Gasteiger partial charge in [-0.2, -0.15) is 5.26 Å². The molecule has 1 aliphatic heterocycles. The highest BCUT2D eigenvalue weighted by molar-refractivity contribution is 8.00. The van der Waals surface area contributed by atoms with Crippen molar-refractivity contribution >= 4 is 23.2 Å². The Morgan fingerprint density at radius 1 is 1.48 bits per heavy atom. The third kappa shape index (κ3) is 5.55. The SMILES string of the molecule is COc1ccc(C#N)cc1C1=C(C(=O)NCSC(C#CC2CC2)NN)C=CNC1. The van der Waals surface area contributed by atoms with Crippen molar-refractivity contribution in [3.8, 4) is 23.7 Å². The first-order chi connectivity index (χ1) is 14.2. The summed E-state index contributed by atoms with van der Waals surface area (Å²) in [6, 6.07) is 7.29. The highest BCUT2D eigenvalue weighted by atomic mass is 32.2. The van der Waals surface area contributed by atoms with E-state index in [1.54, 1.807) is 37.6 Å². The zero-order valence-electron chi connectivity index (χ0n) is 16.1. The summed E-state index contributed by atoms with van der Waals surface area (Å²) in [6.45, 7) is 0.456. The molecule has 29 heavy (non-hydrogen) atoms. The highest BCUT2D eigenvalue weighted by Gasteiger charge is 2.21. The third-order valence-electron chi connectivity index (χ3n) is 4.50. The number of methoxy groups -OCH3 is 1. The number of hydrogen-bond acceptors (Lipinski definition) is 7. The van der Waals surface area contributed by atoms with Crippen LogP contribution in [0.15, 0.2) is 36.0 Å². The normalized spacial score (nSPS) is 16.2. The molecule has 3 rings (SSSR count). The fourth-order valence-electron chi connectivity index (χ4n) is 2.80. The van der Waals surface area contributed by atoms with E-state index in [-0.39, 0.29) is 11.3 Å². The number of nitrogens with one attached hydrogen (secondary N) is 3. The summed E-state index contributed by atoms with van der Waals surface area (Å²) in [5.74, 6) is 13.1. The van der Waals surface area contributed by atoms with Gasteiger partial charge < -0.3 is 15.4 Å². The van der Waals surface area contributed by atoms with Crippen LogP contribution in [0.3, 0.4) is 0 Å². The lowest BCUT2D eigenvalue weighted by atomic mass is 9.95. The Morgan fingerprint density at radius 3 is 3.00 bits per heavy atom. The van der Waals surface area contributed by atoms with Gasteiger partial charge in [-0.15, -0.1) is 11.8 Å². The minimum Gasteiger partial charge on any atom is -0.496 e. The Kier molecular flexibility index (Phi) is 7.20. The summed E-state index contributed by atoms with van der Waals surface area (Å²) < 4.78 is 5.44. The van der Waals surface area contributed by atoms with E-state index < -0.39 is 0 Å². The molecule has 150 valence electrons. The van der Waals surface area contributed by atoms with E-state index in [4.69, 9.17) is 10.6 Å². The van der Waals surface area contributed by atoms with Crippen molar-refractivity contribution in [2.45, 2.75) is 18.2 Å². The number of nitriles is 1. The molecule has 5 N–H and O–H groups in total. The van der Waals surface area contributed by atoms with Crippen LogP contribution in [-0.4, -0.2) is 30.8 Å². The largest absolute Gasteiger partial charge is 0.496 e. The highest BCUT2D eigenvalue weighted by Crippen LogP contribution is 2.31. The Bertz CT molecular complexity index is 935. The standard InChI is InChI=1S/C21H23N5O2S/c1-28-19-6-4-15(11-22)10-17(19)18-12-24-9-8-16(18)21(27)25-13-29-20(26-23)7-5-14-2-3-14/h4,6,8-10,14,20,24,26H,2-3,12-13,23H2,1H3,(H,25,27). The molecule has 0 saturated heterocycles. The molecule has 2 aliphatic rings. The van der Waals surface area contributed by atoms with Crippen LogP contribution < -0.4 is 26.6 Å². The maximum absolute atomic E-state index is 12.8. The maximum Gasteiger partial charge on any atom is 0.252 e. The molecule has 1 aliphatic carbocycles. The summed E-state index contributed by atoms with van der Waals surface area (Å²) in [6.07, 6.45) is 5.76. The van der Waals surface area contributed by atoms with Crippen LogP contribution in [0, 0.1) is 29.1 Å². The number of hydrogen-bond donors (Lipinski definition) is 4. The number of carbonyl (C=O) groups excluding carboxylic acids is 1. The monoisotopic (exact) mass is 409 g/mol. The zero-order valence-corrected chi connectivity index (χ0v) is 16.9. The number of nitrogens with two attached hydrogens (primary N) is 1. The quantitative estimate of drug-likeness (QED) is 0.233. The molecule has 0 spiro atoms. The number of nitrogens with zero attached hydrogens (tertiary/aromatic N) is 1. The number of benzene rings is 1. The van der Waals surface area contributed by atoms with Gasteiger partial charge in [0.05, 0.1) is 24.6 Å². The first-order valence-corrected chi connectivity index (χ1v) is 10.3. The topological polar surface area (TPSA) is 112 Å². The van der Waals surface area contributed by atoms with Crippen molar-refractivity contribution in [1.82, 2.24) is 16.1 Å². The summed E-state index contributed by atoms with van der Waals surface area (Å²) >= 11 is 1.42. The molecular weight excluding hydrogens is 386 g/mol. The summed E-state index contributed by atoms with van der Waals surface area (Å²) in [5.41, 5.74) is 5.18. The van der Waals surface area contributed by atoms with Gasteiger partial charge in [-0.25, -0.2) is 5.43 Å². The van der Waals surface area contributed by atoms with E-state index in [0.29, 0.717) is 35.2 Å². The fourth-order valence-corrected chi connectivity index (χ4v) is 3.43. The van der Waals surface area contributed by atoms with Gasteiger partial charge >= 0.3 is 0 Å². The predicted octanol–water partition coefficient (Wildman–Crippen LogP) is 1.45. The average molecular weight is 410 g/mol. The van der Waals surface area contributed by atoms with Crippen LogP contribution in [0.2, 0.25) is 0 Å². The van der Waals surface area contributed by atoms with Gasteiger partial charge in [0.25, 0.3) is 5.91 Å². The Hall–Kier alpha value is -2.91. The molecule has 1 aromatic rings. The van der Waals surface area contributed by atoms with Crippen molar-refractivity contribution in [3.63, 3.8) is 0 Å². The van der Waals surface area contributed by atoms with Crippen LogP contribution in [0.25, 0.3) is 5.57 Å². The molecule has 1 amide bonds. The summed E-state index contributed by atoms with van der Waals surface area (Å²) in [5, 5.41) is 15.0. The van der Waals surface area contributed by atoms with Crippen LogP contribution >= 0.6 is 11.8 Å². The molecule has 0 aromatic heterocycles. The maximum atomic E-state index is 12.8. The Labute approximate surface area is 174 Å². The average Bonchev–Trinajstić information content (AvgIpc) is 3.60. The van der Waals surface area contributed by atoms with E-state index in [1.807, 2.05) is 0 Å². The molecular formula is C21H23N5O2S. The van der Waals surface area contributed by atoms with E-state index >= 15 is 0 Å². The van der Waals surface area contributed by atoms with Crippen molar-refractivity contribution in [2.24, 2.45) is 11.8 Å². The fraction of sp³-hybridized carbons (Fsp3) is 0.333. The van der Waals surface area contributed by atoms with Crippen LogP contribution in [0.4, 0.5) is 0 Å². The Morgan fingerprint density at radius 2 is 2.31 bits per heavy atom. The first kappa shape index (κ1) is 20.8. The number of carbonyl (C=O) groups is 1. The van der Waals surface area contributed by atoms with Gasteiger partial charge in [-0.05, 0) is 48.9 Å². The molecule has 7 nitrogen and oxygen atoms in total. The van der Waals surface area contributed by atoms with Crippen LogP contribution in [0.5, 0.6) is 5.75 Å². The van der Waals surface area contributed by atoms with E-state index in [0.717, 1.165) is 24.0 Å². The van der Waals surface area contributed by atoms with Gasteiger partial charge in [0.15, 0.2) is 0 Å². The molecule has 1 fully saturated rings. The molecule has 0 bridgehead atoms. The number of hydrazine groups is 1.